The highest BCUT2D eigenvalue weighted by atomic mass is 32.2. The summed E-state index contributed by atoms with van der Waals surface area (Å²) in [7, 11) is -1.31. The third kappa shape index (κ3) is 10.2. The summed E-state index contributed by atoms with van der Waals surface area (Å²) in [5.74, 6) is 2.48. The Kier molecular flexibility index (Phi) is 17.3. The van der Waals surface area contributed by atoms with Gasteiger partial charge in [-0.3, -0.25) is 23.7 Å². The maximum absolute atomic E-state index is 11.7. The third-order valence-electron chi connectivity index (χ3n) is 20.6. The number of aliphatic hydroxyl groups excluding tert-OH is 2. The molecule has 18 atom stereocenters. The number of aliphatic hydroxyl groups is 2. The second-order valence-corrected chi connectivity index (χ2v) is 25.3. The molecule has 0 amide bonds. The fourth-order valence-electron chi connectivity index (χ4n) is 17.4. The maximum atomic E-state index is 11.7. The normalized spacial score (nSPS) is 43.6. The fourth-order valence-corrected chi connectivity index (χ4v) is 17.9. The summed E-state index contributed by atoms with van der Waals surface area (Å²) in [6.07, 6.45) is 15.2. The van der Waals surface area contributed by atoms with Gasteiger partial charge in [-0.2, -0.15) is 8.42 Å². The first-order valence-electron chi connectivity index (χ1n) is 26.4. The number of ether oxygens (including phenoxy) is 6. The molecule has 0 radical (unpaired) electrons. The number of rotatable bonds is 6. The van der Waals surface area contributed by atoms with Gasteiger partial charge >= 0.3 is 23.9 Å². The van der Waals surface area contributed by atoms with Crippen molar-refractivity contribution < 1.29 is 76.3 Å². The standard InChI is InChI=1S/C24H38O6.C23H34O5.C7H8O3S.CH4O.H2O/c1-14(25)29-16-8-11-23(4)19-9-10-22(3)18(6-7-21(22)30-15(2)26)17(19)12-20(27)24(23,13-16)28-5;1-13(24)26-15-7-10-22(4)18-8-9-21(3)17(5-6-19(21)27-14(2)25)16(18)11-20-23(22,12-15)28-20;1-6-2-4-7(5-3-6)11(8,9)10;1-2;/h16-21,27H,6-13H2,1-5H3;15-20H,5-12H2,1-4H3;2-5H,1H3,(H,8,9,10);2H,1H3;1H2/t16-,17?,18?,19?,20+,21-,22-,23+,24-;15-,16?,17?,18?,19-,20+,21-,22+,23+;;;/m00.../s1. The second-order valence-electron chi connectivity index (χ2n) is 23.8. The Bertz CT molecular complexity index is 2240. The zero-order valence-electron chi connectivity index (χ0n) is 44.7. The van der Waals surface area contributed by atoms with E-state index in [0.717, 1.165) is 89.7 Å². The van der Waals surface area contributed by atoms with E-state index < -0.39 is 21.8 Å². The molecule has 6 unspecified atom stereocenters. The van der Waals surface area contributed by atoms with E-state index in [1.165, 1.54) is 52.7 Å². The highest BCUT2D eigenvalue weighted by Gasteiger charge is 2.77. The number of carbonyl (C=O) groups is 4. The Morgan fingerprint density at radius 1 is 0.611 bits per heavy atom. The van der Waals surface area contributed by atoms with Crippen LogP contribution in [0.5, 0.6) is 0 Å². The summed E-state index contributed by atoms with van der Waals surface area (Å²) in [4.78, 5) is 46.2. The van der Waals surface area contributed by atoms with Gasteiger partial charge in [-0.1, -0.05) is 45.4 Å². The number of epoxide rings is 1. The molecule has 1 aromatic carbocycles. The number of benzene rings is 1. The van der Waals surface area contributed by atoms with Crippen molar-refractivity contribution in [2.45, 2.75) is 218 Å². The zero-order valence-corrected chi connectivity index (χ0v) is 45.5. The van der Waals surface area contributed by atoms with Gasteiger partial charge in [-0.25, -0.2) is 0 Å². The fraction of sp³-hybridized carbons (Fsp3) is 0.818. The van der Waals surface area contributed by atoms with Crippen molar-refractivity contribution in [1.29, 1.82) is 0 Å². The van der Waals surface area contributed by atoms with Crippen molar-refractivity contribution >= 4 is 34.0 Å². The highest BCUT2D eigenvalue weighted by molar-refractivity contribution is 7.85. The van der Waals surface area contributed by atoms with Crippen molar-refractivity contribution in [3.63, 3.8) is 0 Å². The molecule has 8 aliphatic carbocycles. The molecule has 16 nitrogen and oxygen atoms in total. The van der Waals surface area contributed by atoms with Crippen LogP contribution in [0, 0.1) is 64.1 Å². The van der Waals surface area contributed by atoms with Crippen LogP contribution in [0.2, 0.25) is 0 Å². The monoisotopic (exact) mass is 1030 g/mol. The lowest BCUT2D eigenvalue weighted by atomic mass is 9.42. The van der Waals surface area contributed by atoms with E-state index in [-0.39, 0.29) is 85.9 Å². The summed E-state index contributed by atoms with van der Waals surface area (Å²) in [6.45, 7) is 17.2. The molecule has 10 rings (SSSR count). The molecule has 1 aliphatic heterocycles. The van der Waals surface area contributed by atoms with Crippen LogP contribution < -0.4 is 0 Å². The Labute approximate surface area is 427 Å². The van der Waals surface area contributed by atoms with Crippen molar-refractivity contribution in [3.8, 4) is 0 Å². The van der Waals surface area contributed by atoms with Crippen LogP contribution in [0.25, 0.3) is 0 Å². The van der Waals surface area contributed by atoms with Crippen molar-refractivity contribution in [2.75, 3.05) is 14.2 Å². The number of carbonyl (C=O) groups excluding carboxylic acids is 4. The SMILES string of the molecule is CC(=O)O[C@H]1CC[C@]2(C)C3CC[C@@]4(C)C(CC[C@@H]4OC(C)=O)C3C[C@H]3O[C@]32C1.CO.CO[C@]12C[C@@H](OC(C)=O)CC[C@]1(C)C1CC[C@@]3(C)C(CC[C@@H]3OC(C)=O)C1C[C@H]2O.Cc1ccc(S(=O)(=O)O)cc1.O. The lowest BCUT2D eigenvalue weighted by molar-refractivity contribution is -0.277. The van der Waals surface area contributed by atoms with E-state index in [1.54, 1.807) is 19.2 Å². The molecular weight excluding hydrogens is 949 g/mol. The van der Waals surface area contributed by atoms with Gasteiger partial charge in [0.2, 0.25) is 0 Å². The number of aryl methyl sites for hydroxylation is 1. The molecule has 5 N–H and O–H groups in total. The van der Waals surface area contributed by atoms with Gasteiger partial charge in [0, 0.05) is 76.4 Å². The molecule has 408 valence electrons. The molecule has 0 aromatic heterocycles. The molecular formula is C55H86O16S. The van der Waals surface area contributed by atoms with Gasteiger partial charge in [0.05, 0.1) is 17.1 Å². The predicted octanol–water partition coefficient (Wildman–Crippen LogP) is 7.68. The smallest absolute Gasteiger partial charge is 0.302 e. The van der Waals surface area contributed by atoms with E-state index in [2.05, 4.69) is 27.7 Å². The molecule has 9 fully saturated rings. The topological polar surface area (TPSA) is 253 Å². The molecule has 0 bridgehead atoms. The number of hydrogen-bond donors (Lipinski definition) is 3. The maximum Gasteiger partial charge on any atom is 0.302 e. The average molecular weight is 1040 g/mol. The minimum Gasteiger partial charge on any atom is -0.462 e. The quantitative estimate of drug-likeness (QED) is 0.107. The van der Waals surface area contributed by atoms with Gasteiger partial charge in [0.15, 0.2) is 0 Å². The molecule has 1 aromatic rings. The highest BCUT2D eigenvalue weighted by Crippen LogP contribution is 2.74. The largest absolute Gasteiger partial charge is 0.462 e. The second kappa shape index (κ2) is 21.4. The predicted molar refractivity (Wildman–Crippen MR) is 266 cm³/mol. The molecule has 8 saturated carbocycles. The van der Waals surface area contributed by atoms with Crippen LogP contribution in [0.15, 0.2) is 29.2 Å². The van der Waals surface area contributed by atoms with Crippen LogP contribution in [-0.2, 0) is 57.7 Å². The Morgan fingerprint density at radius 3 is 1.51 bits per heavy atom. The first kappa shape index (κ1) is 58.1. The Morgan fingerprint density at radius 2 is 1.06 bits per heavy atom. The van der Waals surface area contributed by atoms with Gasteiger partial charge < -0.3 is 44.1 Å². The lowest BCUT2D eigenvalue weighted by Crippen LogP contribution is -2.69. The van der Waals surface area contributed by atoms with E-state index in [4.69, 9.17) is 38.1 Å². The molecule has 1 heterocycles. The van der Waals surface area contributed by atoms with Crippen molar-refractivity contribution in [3.05, 3.63) is 29.8 Å². The van der Waals surface area contributed by atoms with E-state index in [1.807, 2.05) is 6.92 Å². The summed E-state index contributed by atoms with van der Waals surface area (Å²) in [5, 5.41) is 18.5. The first-order valence-corrected chi connectivity index (χ1v) is 27.8. The Hall–Kier alpha value is -3.19. The van der Waals surface area contributed by atoms with Crippen molar-refractivity contribution in [1.82, 2.24) is 0 Å². The number of esters is 4. The summed E-state index contributed by atoms with van der Waals surface area (Å²) in [6, 6.07) is 5.99. The third-order valence-corrected chi connectivity index (χ3v) is 21.5. The van der Waals surface area contributed by atoms with Crippen LogP contribution in [0.3, 0.4) is 0 Å². The minimum atomic E-state index is -4.02. The molecule has 9 aliphatic rings. The van der Waals surface area contributed by atoms with Gasteiger partial charge in [0.1, 0.15) is 35.6 Å². The van der Waals surface area contributed by atoms with Gasteiger partial charge in [-0.15, -0.1) is 0 Å². The van der Waals surface area contributed by atoms with E-state index >= 15 is 0 Å². The average Bonchev–Trinajstić information content (AvgIpc) is 3.75. The first-order chi connectivity index (χ1) is 33.3. The minimum absolute atomic E-state index is 0. The van der Waals surface area contributed by atoms with Crippen molar-refractivity contribution in [2.24, 2.45) is 57.2 Å². The van der Waals surface area contributed by atoms with Crippen LogP contribution in [0.4, 0.5) is 0 Å². The summed E-state index contributed by atoms with van der Waals surface area (Å²) < 4.78 is 64.8. The Balaban J connectivity index is 0.000000188. The van der Waals surface area contributed by atoms with Gasteiger partial charge in [-0.05, 0) is 144 Å². The number of hydrogen-bond acceptors (Lipinski definition) is 14. The summed E-state index contributed by atoms with van der Waals surface area (Å²) in [5.41, 5.74) is 0.317. The van der Waals surface area contributed by atoms with Crippen LogP contribution >= 0.6 is 0 Å². The zero-order chi connectivity index (χ0) is 52.3. The lowest BCUT2D eigenvalue weighted by Gasteiger charge is -2.66. The number of fused-ring (bicyclic) bond motifs is 9. The molecule has 1 spiro atoms. The molecule has 72 heavy (non-hydrogen) atoms. The van der Waals surface area contributed by atoms with Crippen LogP contribution in [0.1, 0.15) is 164 Å². The van der Waals surface area contributed by atoms with E-state index in [0.29, 0.717) is 54.5 Å². The number of methoxy groups -OCH3 is 1. The summed E-state index contributed by atoms with van der Waals surface area (Å²) >= 11 is 0. The van der Waals surface area contributed by atoms with Crippen LogP contribution in [-0.4, -0.2) is 115 Å². The van der Waals surface area contributed by atoms with Gasteiger partial charge in [0.25, 0.3) is 10.1 Å². The molecule has 1 saturated heterocycles. The molecule has 17 heteroatoms. The van der Waals surface area contributed by atoms with E-state index in [9.17, 15) is 32.7 Å².